The maximum atomic E-state index is 7.32. The van der Waals surface area contributed by atoms with Crippen LogP contribution in [0.4, 0.5) is 0 Å². The number of hydrogen-bond donors (Lipinski definition) is 0. The molecule has 3 rings (SSSR count). The quantitative estimate of drug-likeness (QED) is 0.406. The Kier molecular flexibility index (Phi) is 9.71. The van der Waals surface area contributed by atoms with Crippen LogP contribution in [0.2, 0.25) is 0 Å². The lowest BCUT2D eigenvalue weighted by molar-refractivity contribution is 0.202. The summed E-state index contributed by atoms with van der Waals surface area (Å²) in [7, 11) is 0. The van der Waals surface area contributed by atoms with Gasteiger partial charge in [0.1, 0.15) is 0 Å². The number of nitrogens with zero attached hydrogens (tertiary/aromatic N) is 2. The van der Waals surface area contributed by atoms with Gasteiger partial charge in [-0.3, -0.25) is 0 Å². The van der Waals surface area contributed by atoms with Crippen molar-refractivity contribution in [2.24, 2.45) is 0 Å². The highest BCUT2D eigenvalue weighted by Gasteiger charge is 2.41. The molecule has 0 bridgehead atoms. The van der Waals surface area contributed by atoms with Crippen molar-refractivity contribution in [3.05, 3.63) is 71.3 Å². The van der Waals surface area contributed by atoms with Gasteiger partial charge < -0.3 is 4.90 Å². The van der Waals surface area contributed by atoms with Crippen molar-refractivity contribution in [1.29, 1.82) is 5.26 Å². The molecular formula is C26H35ClN2. The largest absolute Gasteiger partial charge is 0.300 e. The Morgan fingerprint density at radius 3 is 2.14 bits per heavy atom. The smallest absolute Gasteiger partial charge is 0.0696 e. The van der Waals surface area contributed by atoms with E-state index in [1.54, 1.807) is 6.07 Å². The highest BCUT2D eigenvalue weighted by molar-refractivity contribution is 6.25. The van der Waals surface area contributed by atoms with Gasteiger partial charge in [-0.1, -0.05) is 61.5 Å². The fourth-order valence-corrected chi connectivity index (χ4v) is 3.90. The molecule has 1 atom stereocenters. The van der Waals surface area contributed by atoms with Crippen LogP contribution in [0.3, 0.4) is 0 Å². The van der Waals surface area contributed by atoms with Crippen molar-refractivity contribution < 1.29 is 0 Å². The zero-order valence-electron chi connectivity index (χ0n) is 18.2. The molecule has 2 nitrogen and oxygen atoms in total. The SMILES string of the molecule is CC#N.CCCN(CCc1ccccc1)C(C)CCc1ccc(C2(Cl)CC2)cc1. The first-order valence-electron chi connectivity index (χ1n) is 10.9. The van der Waals surface area contributed by atoms with Gasteiger partial charge in [-0.05, 0) is 68.7 Å². The van der Waals surface area contributed by atoms with Gasteiger partial charge in [0, 0.05) is 19.5 Å². The van der Waals surface area contributed by atoms with Gasteiger partial charge in [0.25, 0.3) is 0 Å². The van der Waals surface area contributed by atoms with Crippen LogP contribution >= 0.6 is 11.6 Å². The molecule has 0 radical (unpaired) electrons. The van der Waals surface area contributed by atoms with E-state index in [9.17, 15) is 0 Å². The summed E-state index contributed by atoms with van der Waals surface area (Å²) >= 11 is 6.50. The minimum atomic E-state index is -0.0405. The molecule has 0 spiro atoms. The van der Waals surface area contributed by atoms with E-state index in [-0.39, 0.29) is 4.87 Å². The van der Waals surface area contributed by atoms with E-state index in [1.807, 2.05) is 0 Å². The van der Waals surface area contributed by atoms with E-state index < -0.39 is 0 Å². The molecule has 29 heavy (non-hydrogen) atoms. The van der Waals surface area contributed by atoms with Crippen molar-refractivity contribution in [1.82, 2.24) is 4.90 Å². The van der Waals surface area contributed by atoms with Gasteiger partial charge in [0.05, 0.1) is 10.9 Å². The first-order valence-corrected chi connectivity index (χ1v) is 11.3. The van der Waals surface area contributed by atoms with Crippen LogP contribution in [-0.4, -0.2) is 24.0 Å². The maximum Gasteiger partial charge on any atom is 0.0696 e. The molecule has 1 aliphatic carbocycles. The summed E-state index contributed by atoms with van der Waals surface area (Å²) in [6.07, 6.45) is 6.95. The number of halogens is 1. The molecule has 1 unspecified atom stereocenters. The van der Waals surface area contributed by atoms with E-state index in [1.165, 1.54) is 43.0 Å². The van der Waals surface area contributed by atoms with Crippen LogP contribution in [-0.2, 0) is 17.7 Å². The number of hydrogen-bond acceptors (Lipinski definition) is 2. The summed E-state index contributed by atoms with van der Waals surface area (Å²) in [5.74, 6) is 0. The van der Waals surface area contributed by atoms with Gasteiger partial charge in [-0.2, -0.15) is 5.26 Å². The number of alkyl halides is 1. The normalized spacial score (nSPS) is 15.2. The third-order valence-electron chi connectivity index (χ3n) is 5.68. The topological polar surface area (TPSA) is 27.0 Å². The van der Waals surface area contributed by atoms with Gasteiger partial charge >= 0.3 is 0 Å². The summed E-state index contributed by atoms with van der Waals surface area (Å²) in [4.78, 5) is 2.61. The number of nitriles is 1. The van der Waals surface area contributed by atoms with Gasteiger partial charge in [-0.25, -0.2) is 0 Å². The Labute approximate surface area is 182 Å². The van der Waals surface area contributed by atoms with Gasteiger partial charge in [-0.15, -0.1) is 11.6 Å². The van der Waals surface area contributed by atoms with Crippen molar-refractivity contribution in [2.45, 2.75) is 70.2 Å². The fraction of sp³-hybridized carbons (Fsp3) is 0.500. The number of rotatable bonds is 10. The van der Waals surface area contributed by atoms with E-state index in [0.717, 1.165) is 32.2 Å². The summed E-state index contributed by atoms with van der Waals surface area (Å²) in [6.45, 7) is 8.42. The first-order chi connectivity index (χ1) is 14.0. The molecule has 2 aromatic carbocycles. The molecule has 0 N–H and O–H groups in total. The summed E-state index contributed by atoms with van der Waals surface area (Å²) in [5.41, 5.74) is 4.17. The predicted molar refractivity (Wildman–Crippen MR) is 124 cm³/mol. The minimum absolute atomic E-state index is 0.0405. The summed E-state index contributed by atoms with van der Waals surface area (Å²) in [5, 5.41) is 7.32. The number of aryl methyl sites for hydroxylation is 1. The second-order valence-corrected chi connectivity index (χ2v) is 8.77. The Hall–Kier alpha value is -1.82. The van der Waals surface area contributed by atoms with Crippen LogP contribution in [0.25, 0.3) is 0 Å². The van der Waals surface area contributed by atoms with Crippen molar-refractivity contribution in [3.63, 3.8) is 0 Å². The van der Waals surface area contributed by atoms with E-state index in [2.05, 4.69) is 73.3 Å². The average molecular weight is 411 g/mol. The average Bonchev–Trinajstić information content (AvgIpc) is 3.49. The molecular weight excluding hydrogens is 376 g/mol. The highest BCUT2D eigenvalue weighted by Crippen LogP contribution is 2.51. The molecule has 0 heterocycles. The second kappa shape index (κ2) is 12.0. The standard InChI is InChI=1S/C24H32ClN.C2H3N/c1-3-18-26(19-15-21-7-5-4-6-8-21)20(2)9-10-22-11-13-23(14-12-22)24(25)16-17-24;1-2-3/h4-8,11-14,20H,3,9-10,15-19H2,1-2H3;1H3. The molecule has 1 saturated carbocycles. The molecule has 156 valence electrons. The summed E-state index contributed by atoms with van der Waals surface area (Å²) in [6, 6.07) is 22.2. The summed E-state index contributed by atoms with van der Waals surface area (Å²) < 4.78 is 0. The monoisotopic (exact) mass is 410 g/mol. The van der Waals surface area contributed by atoms with E-state index in [0.29, 0.717) is 6.04 Å². The van der Waals surface area contributed by atoms with Gasteiger partial charge in [0.2, 0.25) is 0 Å². The highest BCUT2D eigenvalue weighted by atomic mass is 35.5. The Morgan fingerprint density at radius 2 is 1.59 bits per heavy atom. The van der Waals surface area contributed by atoms with Crippen LogP contribution < -0.4 is 0 Å². The molecule has 1 fully saturated rings. The zero-order valence-corrected chi connectivity index (χ0v) is 19.0. The van der Waals surface area contributed by atoms with Crippen LogP contribution in [0.5, 0.6) is 0 Å². The third-order valence-corrected chi connectivity index (χ3v) is 6.27. The molecule has 0 saturated heterocycles. The fourth-order valence-electron chi connectivity index (χ4n) is 3.68. The predicted octanol–water partition coefficient (Wildman–Crippen LogP) is 6.72. The Bertz CT molecular complexity index is 745. The van der Waals surface area contributed by atoms with Crippen LogP contribution in [0.1, 0.15) is 63.1 Å². The lowest BCUT2D eigenvalue weighted by atomic mass is 10.0. The lowest BCUT2D eigenvalue weighted by Gasteiger charge is -2.29. The van der Waals surface area contributed by atoms with E-state index in [4.69, 9.17) is 16.9 Å². The Morgan fingerprint density at radius 1 is 1.00 bits per heavy atom. The number of benzene rings is 2. The molecule has 0 aliphatic heterocycles. The third kappa shape index (κ3) is 7.84. The van der Waals surface area contributed by atoms with E-state index >= 15 is 0 Å². The van der Waals surface area contributed by atoms with Crippen molar-refractivity contribution in [3.8, 4) is 6.07 Å². The van der Waals surface area contributed by atoms with Gasteiger partial charge in [0.15, 0.2) is 0 Å². The van der Waals surface area contributed by atoms with Crippen LogP contribution in [0.15, 0.2) is 54.6 Å². The second-order valence-electron chi connectivity index (χ2n) is 8.05. The molecule has 3 heteroatoms. The zero-order chi connectivity index (χ0) is 21.1. The molecule has 2 aromatic rings. The minimum Gasteiger partial charge on any atom is -0.300 e. The first kappa shape index (κ1) is 23.5. The molecule has 0 aromatic heterocycles. The maximum absolute atomic E-state index is 7.32. The Balaban J connectivity index is 0.000000941. The van der Waals surface area contributed by atoms with Crippen molar-refractivity contribution >= 4 is 11.6 Å². The lowest BCUT2D eigenvalue weighted by Crippen LogP contribution is -2.35. The van der Waals surface area contributed by atoms with Crippen molar-refractivity contribution in [2.75, 3.05) is 13.1 Å². The van der Waals surface area contributed by atoms with Crippen LogP contribution in [0, 0.1) is 11.3 Å². The molecule has 1 aliphatic rings. The molecule has 0 amide bonds.